The summed E-state index contributed by atoms with van der Waals surface area (Å²) >= 11 is 0. The summed E-state index contributed by atoms with van der Waals surface area (Å²) in [6.07, 6.45) is 0. The number of fused-ring (bicyclic) bond motifs is 1. The average molecular weight is 301 g/mol. The highest BCUT2D eigenvalue weighted by Gasteiger charge is 2.08. The number of nitrogens with zero attached hydrogens (tertiary/aromatic N) is 2. The lowest BCUT2D eigenvalue weighted by atomic mass is 10.1. The summed E-state index contributed by atoms with van der Waals surface area (Å²) in [5.41, 5.74) is 8.48. The molecular formula is C16H17ClN4. The van der Waals surface area contributed by atoms with Gasteiger partial charge in [0.25, 0.3) is 0 Å². The van der Waals surface area contributed by atoms with Crippen LogP contribution in [0, 0.1) is 0 Å². The number of rotatable bonds is 4. The van der Waals surface area contributed by atoms with Crippen LogP contribution in [0.3, 0.4) is 0 Å². The molecule has 0 aliphatic rings. The van der Waals surface area contributed by atoms with Crippen LogP contribution >= 0.6 is 12.4 Å². The molecule has 0 spiro atoms. The maximum atomic E-state index is 5.52. The van der Waals surface area contributed by atoms with E-state index in [9.17, 15) is 0 Å². The van der Waals surface area contributed by atoms with E-state index >= 15 is 0 Å². The van der Waals surface area contributed by atoms with E-state index in [0.717, 1.165) is 22.2 Å². The molecule has 0 aliphatic carbocycles. The average Bonchev–Trinajstić information content (AvgIpc) is 2.53. The van der Waals surface area contributed by atoms with Gasteiger partial charge in [-0.2, -0.15) is 0 Å². The highest BCUT2D eigenvalue weighted by molar-refractivity contribution is 5.93. The summed E-state index contributed by atoms with van der Waals surface area (Å²) < 4.78 is 0. The molecule has 2 aromatic carbocycles. The summed E-state index contributed by atoms with van der Waals surface area (Å²) in [5.74, 6) is 0.619. The van der Waals surface area contributed by atoms with E-state index in [1.165, 1.54) is 0 Å². The van der Waals surface area contributed by atoms with Gasteiger partial charge < -0.3 is 11.1 Å². The normalized spacial score (nSPS) is 10.1. The highest BCUT2D eigenvalue weighted by Crippen LogP contribution is 2.26. The number of halogens is 1. The summed E-state index contributed by atoms with van der Waals surface area (Å²) in [6, 6.07) is 18.2. The van der Waals surface area contributed by atoms with Crippen LogP contribution in [0.4, 0.5) is 5.95 Å². The summed E-state index contributed by atoms with van der Waals surface area (Å²) in [4.78, 5) is 9.15. The third kappa shape index (κ3) is 3.29. The Bertz CT molecular complexity index is 716. The minimum absolute atomic E-state index is 0. The second-order valence-electron chi connectivity index (χ2n) is 4.49. The van der Waals surface area contributed by atoms with E-state index in [2.05, 4.69) is 27.4 Å². The standard InChI is InChI=1S/C16H16N4.ClH/c17-10-11-18-16-19-14-9-5-4-8-13(14)15(20-16)12-6-2-1-3-7-12;/h1-9H,10-11,17H2,(H,18,19,20);1H. The van der Waals surface area contributed by atoms with Gasteiger partial charge in [0.15, 0.2) is 0 Å². The molecule has 0 atom stereocenters. The van der Waals surface area contributed by atoms with Crippen molar-refractivity contribution in [3.05, 3.63) is 54.6 Å². The Morgan fingerprint density at radius 2 is 1.62 bits per heavy atom. The molecule has 0 unspecified atom stereocenters. The quantitative estimate of drug-likeness (QED) is 0.777. The van der Waals surface area contributed by atoms with Gasteiger partial charge in [-0.1, -0.05) is 48.5 Å². The first-order valence-corrected chi connectivity index (χ1v) is 6.64. The van der Waals surface area contributed by atoms with Crippen LogP contribution in [0.1, 0.15) is 0 Å². The van der Waals surface area contributed by atoms with Crippen molar-refractivity contribution in [2.75, 3.05) is 18.4 Å². The number of hydrogen-bond donors (Lipinski definition) is 2. The third-order valence-corrected chi connectivity index (χ3v) is 3.08. The Kier molecular flexibility index (Phi) is 5.09. The molecule has 0 saturated heterocycles. The second-order valence-corrected chi connectivity index (χ2v) is 4.49. The van der Waals surface area contributed by atoms with Crippen molar-refractivity contribution >= 4 is 29.3 Å². The molecule has 1 aromatic heterocycles. The molecule has 1 heterocycles. The number of anilines is 1. The third-order valence-electron chi connectivity index (χ3n) is 3.08. The summed E-state index contributed by atoms with van der Waals surface area (Å²) in [5, 5.41) is 4.20. The van der Waals surface area contributed by atoms with E-state index in [1.54, 1.807) is 0 Å². The van der Waals surface area contributed by atoms with Gasteiger partial charge in [-0.15, -0.1) is 12.4 Å². The van der Waals surface area contributed by atoms with Crippen LogP contribution in [-0.4, -0.2) is 23.1 Å². The minimum atomic E-state index is 0. The van der Waals surface area contributed by atoms with Gasteiger partial charge in [0.1, 0.15) is 0 Å². The lowest BCUT2D eigenvalue weighted by molar-refractivity contribution is 0.997. The zero-order chi connectivity index (χ0) is 13.8. The molecule has 3 rings (SSSR count). The van der Waals surface area contributed by atoms with Gasteiger partial charge in [-0.05, 0) is 6.07 Å². The molecule has 0 aliphatic heterocycles. The van der Waals surface area contributed by atoms with E-state index in [4.69, 9.17) is 5.73 Å². The fourth-order valence-corrected chi connectivity index (χ4v) is 2.16. The molecule has 4 nitrogen and oxygen atoms in total. The molecule has 21 heavy (non-hydrogen) atoms. The number of benzene rings is 2. The van der Waals surface area contributed by atoms with Crippen LogP contribution in [0.25, 0.3) is 22.2 Å². The molecule has 3 aromatic rings. The fraction of sp³-hybridized carbons (Fsp3) is 0.125. The van der Waals surface area contributed by atoms with E-state index in [1.807, 2.05) is 42.5 Å². The Morgan fingerprint density at radius 1 is 0.905 bits per heavy atom. The fourth-order valence-electron chi connectivity index (χ4n) is 2.16. The van der Waals surface area contributed by atoms with Gasteiger partial charge in [-0.3, -0.25) is 0 Å². The Labute approximate surface area is 129 Å². The number of para-hydroxylation sites is 1. The van der Waals surface area contributed by atoms with Crippen molar-refractivity contribution in [1.82, 2.24) is 9.97 Å². The van der Waals surface area contributed by atoms with Gasteiger partial charge in [-0.25, -0.2) is 9.97 Å². The van der Waals surface area contributed by atoms with Crippen LogP contribution in [-0.2, 0) is 0 Å². The molecule has 108 valence electrons. The first kappa shape index (κ1) is 15.2. The van der Waals surface area contributed by atoms with Crippen molar-refractivity contribution in [1.29, 1.82) is 0 Å². The zero-order valence-electron chi connectivity index (χ0n) is 11.5. The topological polar surface area (TPSA) is 63.8 Å². The van der Waals surface area contributed by atoms with Crippen LogP contribution in [0.5, 0.6) is 0 Å². The number of hydrogen-bond acceptors (Lipinski definition) is 4. The summed E-state index contributed by atoms with van der Waals surface area (Å²) in [7, 11) is 0. The SMILES string of the molecule is Cl.NCCNc1nc(-c2ccccc2)c2ccccc2n1. The van der Waals surface area contributed by atoms with E-state index < -0.39 is 0 Å². The van der Waals surface area contributed by atoms with Crippen molar-refractivity contribution in [3.63, 3.8) is 0 Å². The Balaban J connectivity index is 0.00000161. The largest absolute Gasteiger partial charge is 0.353 e. The smallest absolute Gasteiger partial charge is 0.223 e. The minimum Gasteiger partial charge on any atom is -0.353 e. The number of nitrogens with one attached hydrogen (secondary N) is 1. The van der Waals surface area contributed by atoms with Gasteiger partial charge in [0.2, 0.25) is 5.95 Å². The van der Waals surface area contributed by atoms with Gasteiger partial charge in [0.05, 0.1) is 11.2 Å². The Morgan fingerprint density at radius 3 is 2.38 bits per heavy atom. The lowest BCUT2D eigenvalue weighted by Crippen LogP contribution is -2.15. The molecule has 0 saturated carbocycles. The molecule has 3 N–H and O–H groups in total. The van der Waals surface area contributed by atoms with Crippen LogP contribution in [0.2, 0.25) is 0 Å². The van der Waals surface area contributed by atoms with E-state index in [0.29, 0.717) is 19.0 Å². The van der Waals surface area contributed by atoms with Crippen molar-refractivity contribution in [3.8, 4) is 11.3 Å². The van der Waals surface area contributed by atoms with Gasteiger partial charge in [0, 0.05) is 24.0 Å². The highest BCUT2D eigenvalue weighted by atomic mass is 35.5. The zero-order valence-corrected chi connectivity index (χ0v) is 12.3. The lowest BCUT2D eigenvalue weighted by Gasteiger charge is -2.09. The van der Waals surface area contributed by atoms with Crippen molar-refractivity contribution < 1.29 is 0 Å². The monoisotopic (exact) mass is 300 g/mol. The molecule has 0 bridgehead atoms. The maximum Gasteiger partial charge on any atom is 0.223 e. The molecular weight excluding hydrogens is 284 g/mol. The summed E-state index contributed by atoms with van der Waals surface area (Å²) in [6.45, 7) is 1.21. The Hall–Kier alpha value is -2.17. The first-order chi connectivity index (χ1) is 9.88. The molecule has 0 amide bonds. The van der Waals surface area contributed by atoms with Crippen LogP contribution in [0.15, 0.2) is 54.6 Å². The predicted molar refractivity (Wildman–Crippen MR) is 89.8 cm³/mol. The van der Waals surface area contributed by atoms with Crippen molar-refractivity contribution in [2.45, 2.75) is 0 Å². The van der Waals surface area contributed by atoms with Gasteiger partial charge >= 0.3 is 0 Å². The van der Waals surface area contributed by atoms with Crippen molar-refractivity contribution in [2.24, 2.45) is 5.73 Å². The molecule has 0 radical (unpaired) electrons. The van der Waals surface area contributed by atoms with E-state index in [-0.39, 0.29) is 12.4 Å². The van der Waals surface area contributed by atoms with Crippen LogP contribution < -0.4 is 11.1 Å². The maximum absolute atomic E-state index is 5.52. The molecule has 5 heteroatoms. The first-order valence-electron chi connectivity index (χ1n) is 6.64. The number of aromatic nitrogens is 2. The predicted octanol–water partition coefficient (Wildman–Crippen LogP) is 3.09. The molecule has 0 fully saturated rings. The second kappa shape index (κ2) is 7.02. The number of nitrogens with two attached hydrogens (primary N) is 1.